The molecule has 6 N–H and O–H groups in total. The minimum Gasteiger partial charge on any atom is -0.480 e. The van der Waals surface area contributed by atoms with E-state index in [0.29, 0.717) is 27.5 Å². The van der Waals surface area contributed by atoms with E-state index in [2.05, 4.69) is 10.3 Å². The molecule has 41 heavy (non-hydrogen) atoms. The number of nitrogens with one attached hydrogen (secondary N) is 1. The number of carbonyl (C=O) groups is 4. The summed E-state index contributed by atoms with van der Waals surface area (Å²) in [6, 6.07) is 20.4. The number of primary amides is 1. The van der Waals surface area contributed by atoms with Crippen molar-refractivity contribution >= 4 is 56.2 Å². The van der Waals surface area contributed by atoms with Crippen LogP contribution >= 0.6 is 11.3 Å². The number of rotatable bonds is 7. The summed E-state index contributed by atoms with van der Waals surface area (Å²) in [4.78, 5) is 52.0. The van der Waals surface area contributed by atoms with Crippen LogP contribution in [0.4, 0.5) is 15.6 Å². The highest BCUT2D eigenvalue weighted by Gasteiger charge is 2.21. The number of anilines is 2. The zero-order chi connectivity index (χ0) is 30.2. The highest BCUT2D eigenvalue weighted by Crippen LogP contribution is 2.24. The maximum atomic E-state index is 12.9. The number of nitrogens with two attached hydrogens (primary N) is 2. The molecule has 0 aliphatic carbocycles. The molecule has 0 unspecified atom stereocenters. The lowest BCUT2D eigenvalue weighted by Gasteiger charge is -2.21. The average Bonchev–Trinajstić information content (AvgIpc) is 3.29. The van der Waals surface area contributed by atoms with Crippen LogP contribution in [0.25, 0.3) is 10.2 Å². The zero-order valence-corrected chi connectivity index (χ0v) is 23.6. The van der Waals surface area contributed by atoms with Crippen molar-refractivity contribution < 1.29 is 29.0 Å². The summed E-state index contributed by atoms with van der Waals surface area (Å²) in [6.07, 6.45) is -0.555. The minimum absolute atomic E-state index is 0.181. The van der Waals surface area contributed by atoms with Gasteiger partial charge in [-0.1, -0.05) is 41.7 Å². The Balaban J connectivity index is 0.000000294. The van der Waals surface area contributed by atoms with E-state index in [-0.39, 0.29) is 6.54 Å². The molecule has 3 aromatic carbocycles. The van der Waals surface area contributed by atoms with Crippen molar-refractivity contribution in [1.29, 1.82) is 0 Å². The summed E-state index contributed by atoms with van der Waals surface area (Å²) in [5.74, 6) is -1.98. The van der Waals surface area contributed by atoms with Crippen LogP contribution in [0, 0.1) is 0 Å². The van der Waals surface area contributed by atoms with Crippen LogP contribution < -0.4 is 21.7 Å². The van der Waals surface area contributed by atoms with E-state index < -0.39 is 36.0 Å². The Morgan fingerprint density at radius 2 is 1.68 bits per heavy atom. The van der Waals surface area contributed by atoms with E-state index in [0.717, 1.165) is 10.2 Å². The predicted octanol–water partition coefficient (Wildman–Crippen LogP) is 4.42. The second-order valence-electron chi connectivity index (χ2n) is 9.78. The first-order valence-corrected chi connectivity index (χ1v) is 13.2. The third kappa shape index (κ3) is 9.32. The highest BCUT2D eigenvalue weighted by atomic mass is 32.1. The van der Waals surface area contributed by atoms with Crippen LogP contribution in [-0.4, -0.2) is 46.1 Å². The van der Waals surface area contributed by atoms with Gasteiger partial charge in [-0.3, -0.25) is 19.3 Å². The molecule has 214 valence electrons. The molecule has 0 bridgehead atoms. The van der Waals surface area contributed by atoms with Crippen LogP contribution in [0.2, 0.25) is 0 Å². The number of alkyl carbamates (subject to hydrolysis) is 1. The van der Waals surface area contributed by atoms with Crippen molar-refractivity contribution in [3.63, 3.8) is 0 Å². The van der Waals surface area contributed by atoms with E-state index >= 15 is 0 Å². The number of fused-ring (bicyclic) bond motifs is 1. The molecule has 0 spiro atoms. The fourth-order valence-corrected chi connectivity index (χ4v) is 4.35. The van der Waals surface area contributed by atoms with Crippen molar-refractivity contribution in [3.8, 4) is 0 Å². The number of aliphatic carboxylic acids is 1. The van der Waals surface area contributed by atoms with Gasteiger partial charge in [-0.25, -0.2) is 9.78 Å². The van der Waals surface area contributed by atoms with Gasteiger partial charge in [-0.2, -0.15) is 0 Å². The number of benzene rings is 3. The fraction of sp³-hybridized carbons (Fsp3) is 0.207. The maximum Gasteiger partial charge on any atom is 0.407 e. The fourth-order valence-electron chi connectivity index (χ4n) is 3.58. The third-order valence-corrected chi connectivity index (χ3v) is 6.15. The van der Waals surface area contributed by atoms with Gasteiger partial charge in [0, 0.05) is 23.4 Å². The van der Waals surface area contributed by atoms with E-state index in [9.17, 15) is 24.3 Å². The number of para-hydroxylation sites is 1. The molecule has 0 saturated heterocycles. The molecule has 4 rings (SSSR count). The number of ether oxygens (including phenoxy) is 1. The molecule has 0 radical (unpaired) electrons. The van der Waals surface area contributed by atoms with Gasteiger partial charge in [-0.15, -0.1) is 0 Å². The van der Waals surface area contributed by atoms with Crippen molar-refractivity contribution in [2.24, 2.45) is 5.73 Å². The summed E-state index contributed by atoms with van der Waals surface area (Å²) < 4.78 is 6.07. The molecule has 12 heteroatoms. The van der Waals surface area contributed by atoms with Crippen molar-refractivity contribution in [2.75, 3.05) is 17.2 Å². The monoisotopic (exact) mass is 577 g/mol. The Morgan fingerprint density at radius 3 is 2.32 bits per heavy atom. The first-order valence-electron chi connectivity index (χ1n) is 12.4. The molecule has 0 aliphatic rings. The predicted molar refractivity (Wildman–Crippen MR) is 158 cm³/mol. The Morgan fingerprint density at radius 1 is 0.976 bits per heavy atom. The molecule has 1 heterocycles. The summed E-state index contributed by atoms with van der Waals surface area (Å²) in [5.41, 5.74) is 12.8. The lowest BCUT2D eigenvalue weighted by atomic mass is 10.1. The van der Waals surface area contributed by atoms with Gasteiger partial charge in [0.05, 0.1) is 10.2 Å². The largest absolute Gasteiger partial charge is 0.480 e. The smallest absolute Gasteiger partial charge is 0.407 e. The van der Waals surface area contributed by atoms with E-state index in [1.54, 1.807) is 93.6 Å². The molecule has 4 aromatic rings. The van der Waals surface area contributed by atoms with Gasteiger partial charge in [-0.05, 0) is 68.8 Å². The van der Waals surface area contributed by atoms with E-state index in [4.69, 9.17) is 16.2 Å². The number of nitrogens with zero attached hydrogens (tertiary/aromatic N) is 2. The average molecular weight is 578 g/mol. The maximum absolute atomic E-state index is 12.9. The molecule has 0 saturated carbocycles. The van der Waals surface area contributed by atoms with Crippen LogP contribution in [-0.2, 0) is 16.1 Å². The topological polar surface area (TPSA) is 178 Å². The second kappa shape index (κ2) is 13.4. The Bertz CT molecular complexity index is 1550. The van der Waals surface area contributed by atoms with Gasteiger partial charge in [0.15, 0.2) is 5.13 Å². The Kier molecular flexibility index (Phi) is 9.99. The second-order valence-corrected chi connectivity index (χ2v) is 10.8. The van der Waals surface area contributed by atoms with Gasteiger partial charge in [0.2, 0.25) is 5.91 Å². The third-order valence-electron chi connectivity index (χ3n) is 5.31. The first kappa shape index (κ1) is 30.6. The molecule has 0 atom stereocenters. The van der Waals surface area contributed by atoms with Crippen LogP contribution in [0.15, 0.2) is 72.8 Å². The summed E-state index contributed by atoms with van der Waals surface area (Å²) in [6.45, 7) is 5.04. The van der Waals surface area contributed by atoms with Gasteiger partial charge in [0.25, 0.3) is 5.91 Å². The summed E-state index contributed by atoms with van der Waals surface area (Å²) >= 11 is 1.34. The number of thiazole rings is 1. The lowest BCUT2D eigenvalue weighted by Crippen LogP contribution is -2.36. The number of hydrogen-bond donors (Lipinski definition) is 4. The number of carbonyl (C=O) groups excluding carboxylic acids is 3. The van der Waals surface area contributed by atoms with Crippen LogP contribution in [0.5, 0.6) is 0 Å². The summed E-state index contributed by atoms with van der Waals surface area (Å²) in [5, 5.41) is 12.3. The SMILES string of the molecule is CC(C)(C)OC(=O)NCc1cccc(C(=O)N(CC(=O)O)c2ccccc2)c1.NC(=O)c1ccc2nc(N)sc2c1. The van der Waals surface area contributed by atoms with Crippen molar-refractivity contribution in [1.82, 2.24) is 10.3 Å². The van der Waals surface area contributed by atoms with Crippen LogP contribution in [0.1, 0.15) is 47.1 Å². The molecular formula is C29H31N5O6S. The normalized spacial score (nSPS) is 10.7. The number of aromatic nitrogens is 1. The number of amides is 3. The van der Waals surface area contributed by atoms with Crippen molar-refractivity contribution in [3.05, 3.63) is 89.5 Å². The van der Waals surface area contributed by atoms with E-state index in [1.807, 2.05) is 0 Å². The first-order chi connectivity index (χ1) is 19.3. The zero-order valence-electron chi connectivity index (χ0n) is 22.8. The molecule has 0 aliphatic heterocycles. The lowest BCUT2D eigenvalue weighted by molar-refractivity contribution is -0.135. The van der Waals surface area contributed by atoms with Gasteiger partial charge in [0.1, 0.15) is 12.1 Å². The Labute approximate surface area is 240 Å². The molecule has 11 nitrogen and oxygen atoms in total. The summed E-state index contributed by atoms with van der Waals surface area (Å²) in [7, 11) is 0. The van der Waals surface area contributed by atoms with E-state index in [1.165, 1.54) is 16.2 Å². The minimum atomic E-state index is -1.11. The molecule has 0 fully saturated rings. The van der Waals surface area contributed by atoms with Crippen LogP contribution in [0.3, 0.4) is 0 Å². The van der Waals surface area contributed by atoms with Gasteiger partial charge >= 0.3 is 12.1 Å². The van der Waals surface area contributed by atoms with Crippen molar-refractivity contribution in [2.45, 2.75) is 32.9 Å². The molecule has 3 amide bonds. The quantitative estimate of drug-likeness (QED) is 0.249. The molecular weight excluding hydrogens is 546 g/mol. The number of hydrogen-bond acceptors (Lipinski definition) is 8. The number of carboxylic acids is 1. The highest BCUT2D eigenvalue weighted by molar-refractivity contribution is 7.22. The molecule has 1 aromatic heterocycles. The number of carboxylic acid groups (broad SMARTS) is 1. The van der Waals surface area contributed by atoms with Gasteiger partial charge < -0.3 is 26.6 Å². The number of nitrogen functional groups attached to an aromatic ring is 1. The standard InChI is InChI=1S/C21H24N2O5.C8H7N3OS/c1-21(2,3)28-20(27)22-13-15-8-7-9-16(12-15)19(26)23(14-18(24)25)17-10-5-4-6-11-17;9-7(12)4-1-2-5-6(3-4)13-8(10)11-5/h4-12H,13-14H2,1-3H3,(H,22,27)(H,24,25);1-3H,(H2,9,12)(H2,10,11). The Hall–Kier alpha value is -4.97.